The second kappa shape index (κ2) is 6.19. The number of piperidine rings is 1. The predicted octanol–water partition coefficient (Wildman–Crippen LogP) is 1.49. The van der Waals surface area contributed by atoms with Crippen molar-refractivity contribution in [3.8, 4) is 0 Å². The molecular formula is C14H24N4O. The van der Waals surface area contributed by atoms with Crippen molar-refractivity contribution in [3.05, 3.63) is 18.0 Å². The van der Waals surface area contributed by atoms with Gasteiger partial charge in [0.15, 0.2) is 0 Å². The maximum atomic E-state index is 11.8. The van der Waals surface area contributed by atoms with E-state index in [-0.39, 0.29) is 0 Å². The third-order valence-electron chi connectivity index (χ3n) is 3.73. The Bertz CT molecular complexity index is 402. The van der Waals surface area contributed by atoms with Crippen LogP contribution in [0.4, 0.5) is 0 Å². The van der Waals surface area contributed by atoms with Crippen molar-refractivity contribution in [2.24, 2.45) is 5.92 Å². The zero-order valence-corrected chi connectivity index (χ0v) is 12.1. The molecule has 1 amide bonds. The maximum absolute atomic E-state index is 11.8. The first-order chi connectivity index (χ1) is 9.06. The van der Waals surface area contributed by atoms with E-state index in [1.165, 1.54) is 0 Å². The van der Waals surface area contributed by atoms with Gasteiger partial charge in [0.2, 0.25) is 5.91 Å². The number of hydrogen-bond donors (Lipinski definition) is 1. The van der Waals surface area contributed by atoms with Crippen LogP contribution in [0.2, 0.25) is 0 Å². The van der Waals surface area contributed by atoms with Gasteiger partial charge in [0.05, 0.1) is 0 Å². The molecule has 1 unspecified atom stereocenters. The molecule has 0 radical (unpaired) electrons. The van der Waals surface area contributed by atoms with E-state index in [0.29, 0.717) is 24.3 Å². The van der Waals surface area contributed by atoms with Crippen LogP contribution in [-0.2, 0) is 11.3 Å². The van der Waals surface area contributed by atoms with Crippen LogP contribution in [0.15, 0.2) is 12.3 Å². The number of nitrogens with zero attached hydrogens (tertiary/aromatic N) is 3. The number of hydrogen-bond acceptors (Lipinski definition) is 3. The van der Waals surface area contributed by atoms with Gasteiger partial charge in [-0.1, -0.05) is 0 Å². The number of amides is 1. The highest BCUT2D eigenvalue weighted by Gasteiger charge is 2.27. The topological polar surface area (TPSA) is 52.2 Å². The van der Waals surface area contributed by atoms with Gasteiger partial charge in [0.25, 0.3) is 0 Å². The second-order valence-corrected chi connectivity index (χ2v) is 5.82. The molecule has 1 aliphatic heterocycles. The highest BCUT2D eigenvalue weighted by Crippen LogP contribution is 2.20. The number of H-pyrrole nitrogens is 1. The Labute approximate surface area is 115 Å². The summed E-state index contributed by atoms with van der Waals surface area (Å²) in [6.07, 6.45) is 3.49. The second-order valence-electron chi connectivity index (χ2n) is 5.82. The summed E-state index contributed by atoms with van der Waals surface area (Å²) in [4.78, 5) is 16.1. The van der Waals surface area contributed by atoms with E-state index >= 15 is 0 Å². The smallest absolute Gasteiger partial charge is 0.222 e. The minimum atomic E-state index is 0.308. The summed E-state index contributed by atoms with van der Waals surface area (Å²) in [5.74, 6) is 0.885. The van der Waals surface area contributed by atoms with Gasteiger partial charge < -0.3 is 9.80 Å². The van der Waals surface area contributed by atoms with Crippen LogP contribution in [0, 0.1) is 5.92 Å². The van der Waals surface area contributed by atoms with Gasteiger partial charge in [-0.2, -0.15) is 5.10 Å². The molecule has 2 rings (SSSR count). The first kappa shape index (κ1) is 14.1. The number of carbonyl (C=O) groups excluding carboxylic acids is 1. The molecular weight excluding hydrogens is 240 g/mol. The summed E-state index contributed by atoms with van der Waals surface area (Å²) in [5.41, 5.74) is 1.13. The molecule has 0 aromatic carbocycles. The molecule has 106 valence electrons. The van der Waals surface area contributed by atoms with Crippen molar-refractivity contribution in [2.45, 2.75) is 39.3 Å². The van der Waals surface area contributed by atoms with E-state index < -0.39 is 0 Å². The minimum absolute atomic E-state index is 0.308. The standard InChI is InChI=1S/C14H24N4O/c1-11(2)18-9-12(4-5-14(18)19)8-17(3)10-13-6-7-15-16-13/h6-7,11-12H,4-5,8-10H2,1-3H3,(H,15,16). The van der Waals surface area contributed by atoms with Crippen LogP contribution in [-0.4, -0.2) is 52.1 Å². The molecule has 0 bridgehead atoms. The minimum Gasteiger partial charge on any atom is -0.340 e. The number of carbonyl (C=O) groups is 1. The SMILES string of the molecule is CC(C)N1CC(CN(C)Cc2ccn[nH]2)CCC1=O. The summed E-state index contributed by atoms with van der Waals surface area (Å²) < 4.78 is 0. The zero-order chi connectivity index (χ0) is 13.8. The lowest BCUT2D eigenvalue weighted by Gasteiger charge is -2.36. The molecule has 1 atom stereocenters. The van der Waals surface area contributed by atoms with Gasteiger partial charge in [-0.25, -0.2) is 0 Å². The van der Waals surface area contributed by atoms with E-state index in [1.807, 2.05) is 11.0 Å². The fourth-order valence-corrected chi connectivity index (χ4v) is 2.76. The van der Waals surface area contributed by atoms with Crippen LogP contribution < -0.4 is 0 Å². The van der Waals surface area contributed by atoms with E-state index in [9.17, 15) is 4.79 Å². The molecule has 1 aromatic heterocycles. The summed E-state index contributed by atoms with van der Waals surface area (Å²) in [6.45, 7) is 6.98. The van der Waals surface area contributed by atoms with Crippen molar-refractivity contribution in [1.82, 2.24) is 20.0 Å². The average molecular weight is 264 g/mol. The van der Waals surface area contributed by atoms with Crippen LogP contribution in [0.3, 0.4) is 0 Å². The Morgan fingerprint density at radius 1 is 1.58 bits per heavy atom. The summed E-state index contributed by atoms with van der Waals surface area (Å²) in [6, 6.07) is 2.31. The lowest BCUT2D eigenvalue weighted by Crippen LogP contribution is -2.46. The molecule has 5 nitrogen and oxygen atoms in total. The Kier molecular flexibility index (Phi) is 4.58. The molecule has 1 aliphatic rings. The molecule has 5 heteroatoms. The van der Waals surface area contributed by atoms with Crippen molar-refractivity contribution < 1.29 is 4.79 Å². The fourth-order valence-electron chi connectivity index (χ4n) is 2.76. The monoisotopic (exact) mass is 264 g/mol. The largest absolute Gasteiger partial charge is 0.340 e. The Morgan fingerprint density at radius 2 is 2.37 bits per heavy atom. The quantitative estimate of drug-likeness (QED) is 0.876. The first-order valence-corrected chi connectivity index (χ1v) is 7.02. The van der Waals surface area contributed by atoms with Crippen molar-refractivity contribution in [1.29, 1.82) is 0 Å². The summed E-state index contributed by atoms with van der Waals surface area (Å²) in [5, 5.41) is 6.95. The molecule has 0 aliphatic carbocycles. The molecule has 1 fully saturated rings. The highest BCUT2D eigenvalue weighted by molar-refractivity contribution is 5.77. The molecule has 1 saturated heterocycles. The van der Waals surface area contributed by atoms with Gasteiger partial charge in [0, 0.05) is 44.0 Å². The molecule has 0 spiro atoms. The number of rotatable bonds is 5. The lowest BCUT2D eigenvalue weighted by atomic mass is 9.96. The Balaban J connectivity index is 1.83. The maximum Gasteiger partial charge on any atom is 0.222 e. The van der Waals surface area contributed by atoms with Crippen LogP contribution >= 0.6 is 0 Å². The van der Waals surface area contributed by atoms with E-state index in [1.54, 1.807) is 6.20 Å². The fraction of sp³-hybridized carbons (Fsp3) is 0.714. The van der Waals surface area contributed by atoms with Crippen LogP contribution in [0.1, 0.15) is 32.4 Å². The Morgan fingerprint density at radius 3 is 3.00 bits per heavy atom. The average Bonchev–Trinajstić information content (AvgIpc) is 2.84. The highest BCUT2D eigenvalue weighted by atomic mass is 16.2. The van der Waals surface area contributed by atoms with Crippen molar-refractivity contribution in [3.63, 3.8) is 0 Å². The van der Waals surface area contributed by atoms with E-state index in [4.69, 9.17) is 0 Å². The number of likely N-dealkylation sites (tertiary alicyclic amines) is 1. The van der Waals surface area contributed by atoms with Crippen molar-refractivity contribution in [2.75, 3.05) is 20.1 Å². The summed E-state index contributed by atoms with van der Waals surface area (Å²) >= 11 is 0. The summed E-state index contributed by atoms with van der Waals surface area (Å²) in [7, 11) is 2.12. The van der Waals surface area contributed by atoms with Gasteiger partial charge in [-0.05, 0) is 39.3 Å². The number of nitrogens with one attached hydrogen (secondary N) is 1. The number of aromatic amines is 1. The molecule has 2 heterocycles. The lowest BCUT2D eigenvalue weighted by molar-refractivity contribution is -0.136. The van der Waals surface area contributed by atoms with Gasteiger partial charge in [-0.3, -0.25) is 9.89 Å². The van der Waals surface area contributed by atoms with Gasteiger partial charge >= 0.3 is 0 Å². The van der Waals surface area contributed by atoms with E-state index in [0.717, 1.165) is 31.7 Å². The molecule has 1 aromatic rings. The third kappa shape index (κ3) is 3.80. The van der Waals surface area contributed by atoms with E-state index in [2.05, 4.69) is 36.0 Å². The molecule has 19 heavy (non-hydrogen) atoms. The third-order valence-corrected chi connectivity index (χ3v) is 3.73. The van der Waals surface area contributed by atoms with Crippen LogP contribution in [0.5, 0.6) is 0 Å². The van der Waals surface area contributed by atoms with Gasteiger partial charge in [-0.15, -0.1) is 0 Å². The zero-order valence-electron chi connectivity index (χ0n) is 12.1. The van der Waals surface area contributed by atoms with Crippen molar-refractivity contribution >= 4 is 5.91 Å². The number of aromatic nitrogens is 2. The normalized spacial score (nSPS) is 20.6. The predicted molar refractivity (Wildman–Crippen MR) is 74.5 cm³/mol. The van der Waals surface area contributed by atoms with Gasteiger partial charge in [0.1, 0.15) is 0 Å². The molecule has 0 saturated carbocycles. The Hall–Kier alpha value is -1.36. The van der Waals surface area contributed by atoms with Crippen LogP contribution in [0.25, 0.3) is 0 Å². The molecule has 1 N–H and O–H groups in total. The first-order valence-electron chi connectivity index (χ1n) is 7.02.